The van der Waals surface area contributed by atoms with Gasteiger partial charge in [0.1, 0.15) is 0 Å². The lowest BCUT2D eigenvalue weighted by Crippen LogP contribution is -2.20. The van der Waals surface area contributed by atoms with E-state index in [1.165, 1.54) is 16.5 Å². The summed E-state index contributed by atoms with van der Waals surface area (Å²) in [7, 11) is 1.74. The van der Waals surface area contributed by atoms with Crippen LogP contribution in [0.25, 0.3) is 10.9 Å². The van der Waals surface area contributed by atoms with Crippen LogP contribution in [-0.4, -0.2) is 48.0 Å². The van der Waals surface area contributed by atoms with Crippen molar-refractivity contribution >= 4 is 10.9 Å². The molecule has 2 aromatic rings. The maximum absolute atomic E-state index is 9.28. The predicted molar refractivity (Wildman–Crippen MR) is 84.3 cm³/mol. The smallest absolute Gasteiger partial charge is 0.0641 e. The number of ether oxygens (including phenoxy) is 1. The lowest BCUT2D eigenvalue weighted by atomic mass is 10.1. The third-order valence-corrected chi connectivity index (χ3v) is 4.43. The molecule has 0 aliphatic carbocycles. The Morgan fingerprint density at radius 3 is 2.95 bits per heavy atom. The van der Waals surface area contributed by atoms with Crippen LogP contribution in [0.2, 0.25) is 0 Å². The number of methoxy groups -OCH3 is 1. The van der Waals surface area contributed by atoms with E-state index in [1.54, 1.807) is 7.11 Å². The van der Waals surface area contributed by atoms with Crippen molar-refractivity contribution < 1.29 is 9.84 Å². The molecule has 4 heteroatoms. The summed E-state index contributed by atoms with van der Waals surface area (Å²) < 4.78 is 7.49. The van der Waals surface area contributed by atoms with Gasteiger partial charge in [-0.1, -0.05) is 18.2 Å². The molecule has 1 aromatic heterocycles. The van der Waals surface area contributed by atoms with Gasteiger partial charge in [0.05, 0.1) is 6.61 Å². The standard InChI is InChI=1S/C17H24N2O2/c1-21-9-8-19-12-15(16-4-2-3-5-17(16)19)11-18-7-6-14(10-18)13-20/h2-5,12,14,20H,6-11,13H2,1H3. The number of likely N-dealkylation sites (tertiary alicyclic amines) is 1. The number of aromatic nitrogens is 1. The van der Waals surface area contributed by atoms with Crippen molar-refractivity contribution in [1.82, 2.24) is 9.47 Å². The molecule has 4 nitrogen and oxygen atoms in total. The van der Waals surface area contributed by atoms with Crippen LogP contribution < -0.4 is 0 Å². The third kappa shape index (κ3) is 3.12. The zero-order chi connectivity index (χ0) is 14.7. The SMILES string of the molecule is COCCn1cc(CN2CCC(CO)C2)c2ccccc21. The number of fused-ring (bicyclic) bond motifs is 1. The van der Waals surface area contributed by atoms with Gasteiger partial charge in [-0.15, -0.1) is 0 Å². The highest BCUT2D eigenvalue weighted by Gasteiger charge is 2.22. The van der Waals surface area contributed by atoms with Gasteiger partial charge in [-0.25, -0.2) is 0 Å². The maximum atomic E-state index is 9.28. The summed E-state index contributed by atoms with van der Waals surface area (Å²) in [6.45, 7) is 4.99. The Morgan fingerprint density at radius 1 is 1.33 bits per heavy atom. The number of para-hydroxylation sites is 1. The second-order valence-electron chi connectivity index (χ2n) is 5.93. The molecular weight excluding hydrogens is 264 g/mol. The number of benzene rings is 1. The van der Waals surface area contributed by atoms with Gasteiger partial charge in [0, 0.05) is 50.5 Å². The third-order valence-electron chi connectivity index (χ3n) is 4.43. The summed E-state index contributed by atoms with van der Waals surface area (Å²) in [5.74, 6) is 0.451. The maximum Gasteiger partial charge on any atom is 0.0641 e. The van der Waals surface area contributed by atoms with Crippen LogP contribution in [0.15, 0.2) is 30.5 Å². The van der Waals surface area contributed by atoms with Crippen molar-refractivity contribution in [2.24, 2.45) is 5.92 Å². The molecule has 0 saturated carbocycles. The fourth-order valence-electron chi connectivity index (χ4n) is 3.27. The molecule has 1 N–H and O–H groups in total. The van der Waals surface area contributed by atoms with E-state index in [1.807, 2.05) is 0 Å². The van der Waals surface area contributed by atoms with Crippen molar-refractivity contribution in [1.29, 1.82) is 0 Å². The Kier molecular flexibility index (Phi) is 4.58. The number of hydrogen-bond acceptors (Lipinski definition) is 3. The fourth-order valence-corrected chi connectivity index (χ4v) is 3.27. The number of rotatable bonds is 6. The molecule has 1 aromatic carbocycles. The molecule has 3 rings (SSSR count). The molecule has 1 atom stereocenters. The number of aliphatic hydroxyl groups is 1. The van der Waals surface area contributed by atoms with E-state index in [4.69, 9.17) is 4.74 Å². The predicted octanol–water partition coefficient (Wildman–Crippen LogP) is 2.10. The van der Waals surface area contributed by atoms with E-state index in [-0.39, 0.29) is 0 Å². The van der Waals surface area contributed by atoms with Crippen LogP contribution in [0.5, 0.6) is 0 Å². The second kappa shape index (κ2) is 6.60. The first kappa shape index (κ1) is 14.6. The molecule has 1 saturated heterocycles. The molecule has 21 heavy (non-hydrogen) atoms. The summed E-state index contributed by atoms with van der Waals surface area (Å²) in [5, 5.41) is 10.6. The van der Waals surface area contributed by atoms with E-state index in [0.717, 1.165) is 39.2 Å². The van der Waals surface area contributed by atoms with Gasteiger partial charge in [0.15, 0.2) is 0 Å². The summed E-state index contributed by atoms with van der Waals surface area (Å²) >= 11 is 0. The van der Waals surface area contributed by atoms with E-state index in [9.17, 15) is 5.11 Å². The highest BCUT2D eigenvalue weighted by molar-refractivity contribution is 5.83. The Bertz CT molecular complexity index is 593. The van der Waals surface area contributed by atoms with E-state index >= 15 is 0 Å². The van der Waals surface area contributed by atoms with Crippen molar-refractivity contribution in [3.63, 3.8) is 0 Å². The summed E-state index contributed by atoms with van der Waals surface area (Å²) in [6.07, 6.45) is 3.37. The molecule has 0 amide bonds. The van der Waals surface area contributed by atoms with E-state index in [0.29, 0.717) is 12.5 Å². The molecule has 0 bridgehead atoms. The first-order chi connectivity index (χ1) is 10.3. The summed E-state index contributed by atoms with van der Waals surface area (Å²) in [5.41, 5.74) is 2.66. The Balaban J connectivity index is 1.81. The van der Waals surface area contributed by atoms with Crippen LogP contribution in [-0.2, 0) is 17.8 Å². The topological polar surface area (TPSA) is 37.6 Å². The molecule has 1 aliphatic heterocycles. The van der Waals surface area contributed by atoms with Crippen molar-refractivity contribution in [2.45, 2.75) is 19.5 Å². The first-order valence-electron chi connectivity index (χ1n) is 7.70. The number of hydrogen-bond donors (Lipinski definition) is 1. The molecule has 1 unspecified atom stereocenters. The number of nitrogens with zero attached hydrogens (tertiary/aromatic N) is 2. The Morgan fingerprint density at radius 2 is 2.19 bits per heavy atom. The zero-order valence-electron chi connectivity index (χ0n) is 12.7. The Labute approximate surface area is 125 Å². The van der Waals surface area contributed by atoms with Crippen molar-refractivity contribution in [2.75, 3.05) is 33.4 Å². The molecule has 114 valence electrons. The zero-order valence-corrected chi connectivity index (χ0v) is 12.7. The van der Waals surface area contributed by atoms with Crippen LogP contribution in [0.4, 0.5) is 0 Å². The molecule has 2 heterocycles. The lowest BCUT2D eigenvalue weighted by Gasteiger charge is -2.14. The monoisotopic (exact) mass is 288 g/mol. The van der Waals surface area contributed by atoms with E-state index in [2.05, 4.69) is 39.9 Å². The average Bonchev–Trinajstić information content (AvgIpc) is 3.11. The molecule has 0 spiro atoms. The average molecular weight is 288 g/mol. The van der Waals surface area contributed by atoms with Gasteiger partial charge >= 0.3 is 0 Å². The molecule has 1 aliphatic rings. The van der Waals surface area contributed by atoms with Crippen LogP contribution in [0.3, 0.4) is 0 Å². The molecular formula is C17H24N2O2. The number of aliphatic hydroxyl groups excluding tert-OH is 1. The second-order valence-corrected chi connectivity index (χ2v) is 5.93. The van der Waals surface area contributed by atoms with Gasteiger partial charge in [0.2, 0.25) is 0 Å². The summed E-state index contributed by atoms with van der Waals surface area (Å²) in [4.78, 5) is 2.45. The van der Waals surface area contributed by atoms with Crippen LogP contribution in [0, 0.1) is 5.92 Å². The molecule has 1 fully saturated rings. The van der Waals surface area contributed by atoms with Gasteiger partial charge in [0.25, 0.3) is 0 Å². The minimum Gasteiger partial charge on any atom is -0.396 e. The largest absolute Gasteiger partial charge is 0.396 e. The normalized spacial score (nSPS) is 19.6. The quantitative estimate of drug-likeness (QED) is 0.884. The van der Waals surface area contributed by atoms with E-state index < -0.39 is 0 Å². The van der Waals surface area contributed by atoms with Gasteiger partial charge < -0.3 is 14.4 Å². The highest BCUT2D eigenvalue weighted by Crippen LogP contribution is 2.25. The minimum atomic E-state index is 0.312. The summed E-state index contributed by atoms with van der Waals surface area (Å²) in [6, 6.07) is 8.57. The fraction of sp³-hybridized carbons (Fsp3) is 0.529. The van der Waals surface area contributed by atoms with Crippen molar-refractivity contribution in [3.8, 4) is 0 Å². The van der Waals surface area contributed by atoms with Gasteiger partial charge in [-0.3, -0.25) is 4.90 Å². The van der Waals surface area contributed by atoms with Crippen LogP contribution >= 0.6 is 0 Å². The van der Waals surface area contributed by atoms with Crippen LogP contribution in [0.1, 0.15) is 12.0 Å². The first-order valence-corrected chi connectivity index (χ1v) is 7.70. The Hall–Kier alpha value is -1.36. The highest BCUT2D eigenvalue weighted by atomic mass is 16.5. The van der Waals surface area contributed by atoms with Gasteiger partial charge in [-0.2, -0.15) is 0 Å². The van der Waals surface area contributed by atoms with Gasteiger partial charge in [-0.05, 0) is 30.5 Å². The minimum absolute atomic E-state index is 0.312. The van der Waals surface area contributed by atoms with Crippen molar-refractivity contribution in [3.05, 3.63) is 36.0 Å². The molecule has 0 radical (unpaired) electrons. The lowest BCUT2D eigenvalue weighted by molar-refractivity contribution is 0.188.